The van der Waals surface area contributed by atoms with Gasteiger partial charge in [-0.25, -0.2) is 0 Å². The Morgan fingerprint density at radius 3 is 2.14 bits per heavy atom. The van der Waals surface area contributed by atoms with E-state index in [2.05, 4.69) is 12.1 Å². The molecule has 1 aliphatic carbocycles. The monoisotopic (exact) mass is 402 g/mol. The molecule has 1 saturated carbocycles. The van der Waals surface area contributed by atoms with E-state index in [-0.39, 0.29) is 18.4 Å². The Balaban J connectivity index is 2.11. The Labute approximate surface area is 176 Å². The summed E-state index contributed by atoms with van der Waals surface area (Å²) in [4.78, 5) is 25.4. The minimum Gasteiger partial charge on any atom is -0.461 e. The first kappa shape index (κ1) is 23.4. The van der Waals surface area contributed by atoms with Gasteiger partial charge in [0.05, 0.1) is 11.8 Å². The highest BCUT2D eigenvalue weighted by Crippen LogP contribution is 2.39. The maximum Gasteiger partial charge on any atom is 0.311 e. The minimum atomic E-state index is -0.566. The largest absolute Gasteiger partial charge is 0.461 e. The van der Waals surface area contributed by atoms with Crippen LogP contribution in [0.25, 0.3) is 0 Å². The lowest BCUT2D eigenvalue weighted by Crippen LogP contribution is -2.36. The van der Waals surface area contributed by atoms with Crippen LogP contribution in [0.2, 0.25) is 0 Å². The first-order valence-electron chi connectivity index (χ1n) is 11.3. The molecule has 0 radical (unpaired) electrons. The van der Waals surface area contributed by atoms with E-state index in [1.165, 1.54) is 19.3 Å². The van der Waals surface area contributed by atoms with Gasteiger partial charge in [0.2, 0.25) is 0 Å². The summed E-state index contributed by atoms with van der Waals surface area (Å²) in [5.74, 6) is -0.522. The van der Waals surface area contributed by atoms with Crippen LogP contribution in [0.3, 0.4) is 0 Å². The van der Waals surface area contributed by atoms with Crippen molar-refractivity contribution in [3.63, 3.8) is 0 Å². The average molecular weight is 403 g/mol. The van der Waals surface area contributed by atoms with Crippen LogP contribution >= 0.6 is 0 Å². The number of hydrogen-bond acceptors (Lipinski definition) is 4. The fraction of sp³-hybridized carbons (Fsp3) is 0.680. The zero-order chi connectivity index (χ0) is 21.3. The lowest BCUT2D eigenvalue weighted by atomic mass is 9.81. The third kappa shape index (κ3) is 6.58. The van der Waals surface area contributed by atoms with E-state index in [4.69, 9.17) is 9.47 Å². The van der Waals surface area contributed by atoms with Crippen molar-refractivity contribution < 1.29 is 19.1 Å². The molecular formula is C25H38O4. The second-order valence-electron chi connectivity index (χ2n) is 8.98. The quantitative estimate of drug-likeness (QED) is 0.478. The Morgan fingerprint density at radius 1 is 1.00 bits per heavy atom. The summed E-state index contributed by atoms with van der Waals surface area (Å²) in [7, 11) is 0. The second-order valence-corrected chi connectivity index (χ2v) is 8.98. The van der Waals surface area contributed by atoms with Gasteiger partial charge in [0.25, 0.3) is 0 Å². The third-order valence-corrected chi connectivity index (χ3v) is 6.33. The number of carbonyl (C=O) groups is 2. The summed E-state index contributed by atoms with van der Waals surface area (Å²) in [6.45, 7) is 7.65. The molecule has 0 aliphatic heterocycles. The molecule has 0 aromatic heterocycles. The van der Waals surface area contributed by atoms with Gasteiger partial charge < -0.3 is 9.47 Å². The molecule has 0 spiro atoms. The van der Waals surface area contributed by atoms with Crippen molar-refractivity contribution >= 4 is 11.9 Å². The molecule has 29 heavy (non-hydrogen) atoms. The number of hydrogen-bond donors (Lipinski definition) is 0. The van der Waals surface area contributed by atoms with E-state index in [1.54, 1.807) is 0 Å². The van der Waals surface area contributed by atoms with Crippen LogP contribution in [-0.4, -0.2) is 18.0 Å². The van der Waals surface area contributed by atoms with Gasteiger partial charge in [-0.15, -0.1) is 0 Å². The van der Waals surface area contributed by atoms with E-state index in [9.17, 15) is 9.59 Å². The second kappa shape index (κ2) is 10.8. The van der Waals surface area contributed by atoms with Crippen LogP contribution in [0.1, 0.15) is 97.5 Å². The summed E-state index contributed by atoms with van der Waals surface area (Å²) in [6, 6.07) is 10.1. The maximum atomic E-state index is 12.9. The van der Waals surface area contributed by atoms with Crippen molar-refractivity contribution in [2.45, 2.75) is 104 Å². The standard InChI is InChI=1S/C25H38O4/c1-5-21(28-23(27)24(3,4)6-2)19-22(26)29-25(20-15-11-10-12-16-20)17-13-8-7-9-14-18-25/h10-12,15-16,21H,5-9,13-14,17-19H2,1-4H3. The summed E-state index contributed by atoms with van der Waals surface area (Å²) in [6.07, 6.45) is 8.37. The molecule has 0 bridgehead atoms. The summed E-state index contributed by atoms with van der Waals surface area (Å²) in [5, 5.41) is 0. The zero-order valence-corrected chi connectivity index (χ0v) is 18.7. The van der Waals surface area contributed by atoms with E-state index >= 15 is 0 Å². The van der Waals surface area contributed by atoms with Gasteiger partial charge in [-0.05, 0) is 57.9 Å². The lowest BCUT2D eigenvalue weighted by Gasteiger charge is -2.36. The Morgan fingerprint density at radius 2 is 1.59 bits per heavy atom. The van der Waals surface area contributed by atoms with Crippen LogP contribution in [-0.2, 0) is 24.7 Å². The highest BCUT2D eigenvalue weighted by molar-refractivity contribution is 5.77. The van der Waals surface area contributed by atoms with Crippen molar-refractivity contribution in [3.05, 3.63) is 35.9 Å². The van der Waals surface area contributed by atoms with Crippen LogP contribution in [0.4, 0.5) is 0 Å². The molecule has 1 atom stereocenters. The molecule has 0 saturated heterocycles. The van der Waals surface area contributed by atoms with E-state index in [0.29, 0.717) is 12.8 Å². The molecule has 1 aromatic carbocycles. The number of rotatable bonds is 8. The molecule has 0 amide bonds. The summed E-state index contributed by atoms with van der Waals surface area (Å²) >= 11 is 0. The summed E-state index contributed by atoms with van der Waals surface area (Å²) < 4.78 is 11.9. The first-order valence-corrected chi connectivity index (χ1v) is 11.3. The Kier molecular flexibility index (Phi) is 8.73. The van der Waals surface area contributed by atoms with Crippen LogP contribution < -0.4 is 0 Å². The Hall–Kier alpha value is -1.84. The van der Waals surface area contributed by atoms with Gasteiger partial charge >= 0.3 is 11.9 Å². The Bertz CT molecular complexity index is 642. The molecule has 1 aliphatic rings. The van der Waals surface area contributed by atoms with Crippen molar-refractivity contribution in [2.24, 2.45) is 5.41 Å². The minimum absolute atomic E-state index is 0.108. The fourth-order valence-electron chi connectivity index (χ4n) is 3.84. The van der Waals surface area contributed by atoms with Crippen molar-refractivity contribution in [3.8, 4) is 0 Å². The van der Waals surface area contributed by atoms with Crippen LogP contribution in [0, 0.1) is 5.41 Å². The zero-order valence-electron chi connectivity index (χ0n) is 18.7. The van der Waals surface area contributed by atoms with Gasteiger partial charge in [-0.1, -0.05) is 63.4 Å². The van der Waals surface area contributed by atoms with Crippen molar-refractivity contribution in [2.75, 3.05) is 0 Å². The molecule has 4 nitrogen and oxygen atoms in total. The van der Waals surface area contributed by atoms with Gasteiger partial charge in [-0.2, -0.15) is 0 Å². The lowest BCUT2D eigenvalue weighted by molar-refractivity contribution is -0.171. The maximum absolute atomic E-state index is 12.9. The molecule has 1 unspecified atom stereocenters. The average Bonchev–Trinajstić information content (AvgIpc) is 2.70. The number of benzene rings is 1. The molecule has 0 heterocycles. The third-order valence-electron chi connectivity index (χ3n) is 6.33. The molecule has 4 heteroatoms. The number of carbonyl (C=O) groups excluding carboxylic acids is 2. The highest BCUT2D eigenvalue weighted by atomic mass is 16.6. The predicted octanol–water partition coefficient (Wildman–Crippen LogP) is 6.32. The number of ether oxygens (including phenoxy) is 2. The van der Waals surface area contributed by atoms with Crippen LogP contribution in [0.5, 0.6) is 0 Å². The molecule has 162 valence electrons. The van der Waals surface area contributed by atoms with E-state index in [1.807, 2.05) is 45.9 Å². The fourth-order valence-corrected chi connectivity index (χ4v) is 3.84. The molecule has 1 aromatic rings. The SMILES string of the molecule is CCC(CC(=O)OC1(c2ccccc2)CCCCCCC1)OC(=O)C(C)(C)CC. The smallest absolute Gasteiger partial charge is 0.311 e. The van der Waals surface area contributed by atoms with Gasteiger partial charge in [-0.3, -0.25) is 9.59 Å². The van der Waals surface area contributed by atoms with Crippen molar-refractivity contribution in [1.29, 1.82) is 0 Å². The van der Waals surface area contributed by atoms with E-state index < -0.39 is 17.1 Å². The van der Waals surface area contributed by atoms with Crippen LogP contribution in [0.15, 0.2) is 30.3 Å². The molecule has 2 rings (SSSR count). The first-order chi connectivity index (χ1) is 13.8. The molecular weight excluding hydrogens is 364 g/mol. The predicted molar refractivity (Wildman–Crippen MR) is 115 cm³/mol. The normalized spacial score (nSPS) is 18.2. The summed E-state index contributed by atoms with van der Waals surface area (Å²) in [5.41, 5.74) is -0.0290. The topological polar surface area (TPSA) is 52.6 Å². The van der Waals surface area contributed by atoms with Gasteiger partial charge in [0.1, 0.15) is 11.7 Å². The van der Waals surface area contributed by atoms with Gasteiger partial charge in [0.15, 0.2) is 0 Å². The van der Waals surface area contributed by atoms with Gasteiger partial charge in [0, 0.05) is 0 Å². The number of esters is 2. The van der Waals surface area contributed by atoms with Crippen molar-refractivity contribution in [1.82, 2.24) is 0 Å². The molecule has 1 fully saturated rings. The van der Waals surface area contributed by atoms with E-state index in [0.717, 1.165) is 31.2 Å². The highest BCUT2D eigenvalue weighted by Gasteiger charge is 2.37. The molecule has 0 N–H and O–H groups in total.